The zero-order chi connectivity index (χ0) is 11.8. The van der Waals surface area contributed by atoms with Crippen molar-refractivity contribution in [2.75, 3.05) is 13.2 Å². The molecule has 0 spiro atoms. The van der Waals surface area contributed by atoms with E-state index in [9.17, 15) is 9.90 Å². The summed E-state index contributed by atoms with van der Waals surface area (Å²) in [6.45, 7) is 2.96. The van der Waals surface area contributed by atoms with E-state index in [1.165, 1.54) is 0 Å². The van der Waals surface area contributed by atoms with E-state index in [1.807, 2.05) is 19.1 Å². The van der Waals surface area contributed by atoms with Crippen LogP contribution in [0.25, 0.3) is 0 Å². The number of allylic oxidation sites excluding steroid dienone is 2. The van der Waals surface area contributed by atoms with Gasteiger partial charge >= 0.3 is 6.09 Å². The van der Waals surface area contributed by atoms with Gasteiger partial charge in [0.1, 0.15) is 0 Å². The first-order valence-corrected chi connectivity index (χ1v) is 5.67. The summed E-state index contributed by atoms with van der Waals surface area (Å²) in [6, 6.07) is 0. The minimum absolute atomic E-state index is 0.366. The van der Waals surface area contributed by atoms with Gasteiger partial charge in [0.05, 0.1) is 12.7 Å². The molecule has 0 aromatic rings. The summed E-state index contributed by atoms with van der Waals surface area (Å²) in [5.74, 6) is 0. The number of hydrogen-bond donors (Lipinski definition) is 2. The van der Waals surface area contributed by atoms with Gasteiger partial charge in [0, 0.05) is 6.54 Å². The second kappa shape index (κ2) is 7.06. The summed E-state index contributed by atoms with van der Waals surface area (Å²) in [5, 5.41) is 12.0. The fraction of sp³-hybridized carbons (Fsp3) is 0.583. The highest BCUT2D eigenvalue weighted by atomic mass is 16.5. The van der Waals surface area contributed by atoms with Crippen LogP contribution in [0.4, 0.5) is 4.79 Å². The molecule has 0 bridgehead atoms. The minimum atomic E-state index is -0.382. The Morgan fingerprint density at radius 2 is 2.50 bits per heavy atom. The number of hydrogen-bond acceptors (Lipinski definition) is 3. The Morgan fingerprint density at radius 3 is 3.19 bits per heavy atom. The van der Waals surface area contributed by atoms with Gasteiger partial charge in [0.15, 0.2) is 0 Å². The summed E-state index contributed by atoms with van der Waals surface area (Å²) >= 11 is 0. The van der Waals surface area contributed by atoms with Gasteiger partial charge in [-0.3, -0.25) is 0 Å². The second-order valence-electron chi connectivity index (χ2n) is 3.79. The molecule has 0 aromatic heterocycles. The number of carbonyl (C=O) groups is 1. The SMILES string of the molecule is CCCOC(=O)NCCC1=CC=CC(O)C1. The fourth-order valence-electron chi connectivity index (χ4n) is 1.48. The number of amides is 1. The van der Waals surface area contributed by atoms with Crippen molar-refractivity contribution in [1.82, 2.24) is 5.32 Å². The highest BCUT2D eigenvalue weighted by Crippen LogP contribution is 2.15. The average molecular weight is 225 g/mol. The summed E-state index contributed by atoms with van der Waals surface area (Å²) in [4.78, 5) is 11.1. The average Bonchev–Trinajstić information content (AvgIpc) is 2.26. The molecule has 16 heavy (non-hydrogen) atoms. The van der Waals surface area contributed by atoms with Crippen molar-refractivity contribution in [3.05, 3.63) is 23.8 Å². The highest BCUT2D eigenvalue weighted by molar-refractivity contribution is 5.67. The number of rotatable bonds is 5. The van der Waals surface area contributed by atoms with Crippen molar-refractivity contribution >= 4 is 6.09 Å². The molecule has 0 aromatic carbocycles. The van der Waals surface area contributed by atoms with Gasteiger partial charge in [-0.15, -0.1) is 0 Å². The lowest BCUT2D eigenvalue weighted by molar-refractivity contribution is 0.146. The van der Waals surface area contributed by atoms with E-state index >= 15 is 0 Å². The van der Waals surface area contributed by atoms with Crippen LogP contribution in [-0.4, -0.2) is 30.5 Å². The third-order valence-electron chi connectivity index (χ3n) is 2.29. The summed E-state index contributed by atoms with van der Waals surface area (Å²) < 4.78 is 4.87. The number of carbonyl (C=O) groups excluding carboxylic acids is 1. The molecule has 1 aliphatic rings. The Labute approximate surface area is 96.0 Å². The highest BCUT2D eigenvalue weighted by Gasteiger charge is 2.08. The van der Waals surface area contributed by atoms with Crippen LogP contribution in [0.5, 0.6) is 0 Å². The third-order valence-corrected chi connectivity index (χ3v) is 2.29. The van der Waals surface area contributed by atoms with Gasteiger partial charge < -0.3 is 15.2 Å². The number of aliphatic hydroxyl groups excluding tert-OH is 1. The molecule has 0 aliphatic heterocycles. The van der Waals surface area contributed by atoms with Crippen LogP contribution in [0.1, 0.15) is 26.2 Å². The summed E-state index contributed by atoms with van der Waals surface area (Å²) in [6.07, 6.45) is 7.07. The number of aliphatic hydroxyl groups is 1. The van der Waals surface area contributed by atoms with E-state index < -0.39 is 0 Å². The summed E-state index contributed by atoms with van der Waals surface area (Å²) in [7, 11) is 0. The Kier molecular flexibility index (Phi) is 5.64. The zero-order valence-corrected chi connectivity index (χ0v) is 9.61. The smallest absolute Gasteiger partial charge is 0.407 e. The molecule has 4 nitrogen and oxygen atoms in total. The lowest BCUT2D eigenvalue weighted by Gasteiger charge is -2.13. The fourth-order valence-corrected chi connectivity index (χ4v) is 1.48. The molecule has 1 rings (SSSR count). The Bertz CT molecular complexity index is 284. The third kappa shape index (κ3) is 4.98. The van der Waals surface area contributed by atoms with E-state index in [-0.39, 0.29) is 12.2 Å². The molecule has 1 unspecified atom stereocenters. The first-order valence-electron chi connectivity index (χ1n) is 5.67. The lowest BCUT2D eigenvalue weighted by atomic mass is 10.0. The topological polar surface area (TPSA) is 58.6 Å². The molecular weight excluding hydrogens is 206 g/mol. The van der Waals surface area contributed by atoms with Gasteiger partial charge in [0.2, 0.25) is 0 Å². The zero-order valence-electron chi connectivity index (χ0n) is 9.61. The number of nitrogens with one attached hydrogen (secondary N) is 1. The maximum Gasteiger partial charge on any atom is 0.407 e. The van der Waals surface area contributed by atoms with Gasteiger partial charge in [0.25, 0.3) is 0 Å². The monoisotopic (exact) mass is 225 g/mol. The van der Waals surface area contributed by atoms with Crippen molar-refractivity contribution in [1.29, 1.82) is 0 Å². The summed E-state index contributed by atoms with van der Waals surface area (Å²) in [5.41, 5.74) is 1.14. The van der Waals surface area contributed by atoms with Gasteiger partial charge in [-0.05, 0) is 19.3 Å². The van der Waals surface area contributed by atoms with E-state index in [2.05, 4.69) is 5.32 Å². The van der Waals surface area contributed by atoms with Crippen molar-refractivity contribution in [2.24, 2.45) is 0 Å². The first kappa shape index (κ1) is 12.8. The molecule has 0 fully saturated rings. The number of ether oxygens (including phenoxy) is 1. The van der Waals surface area contributed by atoms with Crippen LogP contribution in [0, 0.1) is 0 Å². The normalized spacial score (nSPS) is 19.1. The molecule has 0 saturated heterocycles. The van der Waals surface area contributed by atoms with Crippen molar-refractivity contribution < 1.29 is 14.6 Å². The van der Waals surface area contributed by atoms with Crippen molar-refractivity contribution in [3.8, 4) is 0 Å². The lowest BCUT2D eigenvalue weighted by Crippen LogP contribution is -2.26. The van der Waals surface area contributed by atoms with Gasteiger partial charge in [-0.25, -0.2) is 4.79 Å². The van der Waals surface area contributed by atoms with E-state index in [0.717, 1.165) is 18.4 Å². The molecule has 4 heteroatoms. The van der Waals surface area contributed by atoms with Crippen LogP contribution in [-0.2, 0) is 4.74 Å². The van der Waals surface area contributed by atoms with Crippen molar-refractivity contribution in [2.45, 2.75) is 32.3 Å². The van der Waals surface area contributed by atoms with Gasteiger partial charge in [-0.1, -0.05) is 30.7 Å². The Morgan fingerprint density at radius 1 is 1.69 bits per heavy atom. The largest absolute Gasteiger partial charge is 0.450 e. The quantitative estimate of drug-likeness (QED) is 0.749. The Hall–Kier alpha value is -1.29. The maximum absolute atomic E-state index is 11.1. The molecular formula is C12H19NO3. The van der Waals surface area contributed by atoms with E-state index in [1.54, 1.807) is 6.08 Å². The first-order chi connectivity index (χ1) is 7.72. The van der Waals surface area contributed by atoms with E-state index in [0.29, 0.717) is 19.6 Å². The van der Waals surface area contributed by atoms with Crippen LogP contribution in [0.3, 0.4) is 0 Å². The minimum Gasteiger partial charge on any atom is -0.450 e. The van der Waals surface area contributed by atoms with E-state index in [4.69, 9.17) is 4.74 Å². The molecule has 1 aliphatic carbocycles. The molecule has 0 saturated carbocycles. The van der Waals surface area contributed by atoms with Gasteiger partial charge in [-0.2, -0.15) is 0 Å². The van der Waals surface area contributed by atoms with Crippen LogP contribution >= 0.6 is 0 Å². The Balaban J connectivity index is 2.13. The molecule has 0 heterocycles. The van der Waals surface area contributed by atoms with Crippen molar-refractivity contribution in [3.63, 3.8) is 0 Å². The van der Waals surface area contributed by atoms with Crippen LogP contribution < -0.4 is 5.32 Å². The van der Waals surface area contributed by atoms with Crippen LogP contribution in [0.15, 0.2) is 23.8 Å². The molecule has 0 radical (unpaired) electrons. The molecule has 2 N–H and O–H groups in total. The standard InChI is InChI=1S/C12H19NO3/c1-2-8-16-12(15)13-7-6-10-4-3-5-11(14)9-10/h3-5,11,14H,2,6-9H2,1H3,(H,13,15). The second-order valence-corrected chi connectivity index (χ2v) is 3.79. The maximum atomic E-state index is 11.1. The molecule has 1 amide bonds. The predicted molar refractivity (Wildman–Crippen MR) is 62.1 cm³/mol. The molecule has 1 atom stereocenters. The number of alkyl carbamates (subject to hydrolysis) is 1. The molecule has 90 valence electrons. The van der Waals surface area contributed by atoms with Crippen LogP contribution in [0.2, 0.25) is 0 Å². The predicted octanol–water partition coefficient (Wildman–Crippen LogP) is 1.76.